The summed E-state index contributed by atoms with van der Waals surface area (Å²) in [7, 11) is 0. The number of anilines is 1. The van der Waals surface area contributed by atoms with Crippen molar-refractivity contribution in [3.63, 3.8) is 0 Å². The van der Waals surface area contributed by atoms with E-state index in [1.807, 2.05) is 13.8 Å². The summed E-state index contributed by atoms with van der Waals surface area (Å²) in [6, 6.07) is 7.15. The average molecular weight is 424 g/mol. The van der Waals surface area contributed by atoms with Crippen LogP contribution in [-0.2, 0) is 16.9 Å². The minimum atomic E-state index is -5.27. The van der Waals surface area contributed by atoms with E-state index in [0.29, 0.717) is 0 Å². The molecular weight excluding hydrogens is 409 g/mol. The SMILES string of the molecule is CC1(C)Cn2c(nc(=O)c3c2NC(=O)[C@@]3(NC(=O)c2ccccc2)C(F)(F)F)S1. The van der Waals surface area contributed by atoms with Crippen LogP contribution in [0.4, 0.5) is 19.0 Å². The van der Waals surface area contributed by atoms with Crippen molar-refractivity contribution in [3.05, 3.63) is 51.8 Å². The lowest BCUT2D eigenvalue weighted by atomic mass is 9.91. The van der Waals surface area contributed by atoms with Crippen LogP contribution in [0.15, 0.2) is 40.3 Å². The number of carbonyl (C=O) groups is 2. The zero-order valence-corrected chi connectivity index (χ0v) is 16.1. The normalized spacial score (nSPS) is 22.0. The lowest BCUT2D eigenvalue weighted by Crippen LogP contribution is -2.61. The van der Waals surface area contributed by atoms with Crippen LogP contribution in [0, 0.1) is 0 Å². The quantitative estimate of drug-likeness (QED) is 0.722. The lowest BCUT2D eigenvalue weighted by Gasteiger charge is -2.30. The van der Waals surface area contributed by atoms with Crippen LogP contribution < -0.4 is 16.2 Å². The van der Waals surface area contributed by atoms with Gasteiger partial charge in [-0.2, -0.15) is 18.2 Å². The predicted molar refractivity (Wildman–Crippen MR) is 98.7 cm³/mol. The van der Waals surface area contributed by atoms with Crippen molar-refractivity contribution < 1.29 is 22.8 Å². The first kappa shape index (κ1) is 19.5. The molecule has 1 atom stereocenters. The first-order valence-corrected chi connectivity index (χ1v) is 9.38. The molecule has 2 N–H and O–H groups in total. The van der Waals surface area contributed by atoms with E-state index in [1.165, 1.54) is 40.6 Å². The molecule has 0 spiro atoms. The molecule has 1 aromatic carbocycles. The van der Waals surface area contributed by atoms with E-state index in [-0.39, 0.29) is 23.1 Å². The molecular formula is C18H15F3N4O3S. The van der Waals surface area contributed by atoms with Crippen LogP contribution in [0.5, 0.6) is 0 Å². The number of benzene rings is 1. The zero-order chi connectivity index (χ0) is 21.2. The molecule has 0 saturated carbocycles. The number of alkyl halides is 3. The van der Waals surface area contributed by atoms with Crippen molar-refractivity contribution >= 4 is 29.4 Å². The highest BCUT2D eigenvalue weighted by molar-refractivity contribution is 8.00. The summed E-state index contributed by atoms with van der Waals surface area (Å²) < 4.78 is 43.7. The Hall–Kier alpha value is -2.82. The van der Waals surface area contributed by atoms with E-state index in [2.05, 4.69) is 10.3 Å². The maximum Gasteiger partial charge on any atom is 0.425 e. The molecule has 2 aliphatic rings. The number of rotatable bonds is 2. The highest BCUT2D eigenvalue weighted by Gasteiger charge is 2.68. The van der Waals surface area contributed by atoms with E-state index in [9.17, 15) is 27.6 Å². The van der Waals surface area contributed by atoms with E-state index in [0.717, 1.165) is 0 Å². The third-order valence-corrected chi connectivity index (χ3v) is 5.94. The van der Waals surface area contributed by atoms with Crippen molar-refractivity contribution in [1.82, 2.24) is 14.9 Å². The number of nitrogens with zero attached hydrogens (tertiary/aromatic N) is 2. The van der Waals surface area contributed by atoms with E-state index >= 15 is 0 Å². The number of halogens is 3. The van der Waals surface area contributed by atoms with Gasteiger partial charge in [-0.05, 0) is 26.0 Å². The van der Waals surface area contributed by atoms with E-state index < -0.39 is 39.4 Å². The highest BCUT2D eigenvalue weighted by atomic mass is 32.2. The van der Waals surface area contributed by atoms with Crippen molar-refractivity contribution in [3.8, 4) is 0 Å². The fraction of sp³-hybridized carbons (Fsp3) is 0.333. The third-order valence-electron chi connectivity index (χ3n) is 4.76. The number of hydrogen-bond donors (Lipinski definition) is 2. The van der Waals surface area contributed by atoms with Crippen molar-refractivity contribution in [2.24, 2.45) is 0 Å². The Morgan fingerprint density at radius 3 is 2.52 bits per heavy atom. The number of thioether (sulfide) groups is 1. The number of carbonyl (C=O) groups excluding carboxylic acids is 2. The largest absolute Gasteiger partial charge is 0.425 e. The molecule has 0 bridgehead atoms. The number of nitrogens with one attached hydrogen (secondary N) is 2. The first-order chi connectivity index (χ1) is 13.5. The summed E-state index contributed by atoms with van der Waals surface area (Å²) in [6.45, 7) is 3.92. The van der Waals surface area contributed by atoms with Gasteiger partial charge in [0.25, 0.3) is 22.9 Å². The monoisotopic (exact) mass is 424 g/mol. The second-order valence-corrected chi connectivity index (χ2v) is 9.07. The van der Waals surface area contributed by atoms with Crippen LogP contribution in [0.3, 0.4) is 0 Å². The summed E-state index contributed by atoms with van der Waals surface area (Å²) in [5.74, 6) is -2.96. The molecule has 1 aromatic heterocycles. The molecule has 2 amide bonds. The summed E-state index contributed by atoms with van der Waals surface area (Å²) >= 11 is 1.23. The van der Waals surface area contributed by atoms with Crippen LogP contribution in [0.25, 0.3) is 0 Å². The Morgan fingerprint density at radius 1 is 1.24 bits per heavy atom. The standard InChI is InChI=1S/C18H15F3N4O3S/c1-16(2)8-25-11-10(13(27)23-15(25)29-16)17(14(28)22-11,18(19,20)21)24-12(26)9-6-4-3-5-7-9/h3-7H,8H2,1-2H3,(H,22,28)(H,24,26)/t17-/m1/s1. The molecule has 0 fully saturated rings. The number of aromatic nitrogens is 2. The van der Waals surface area contributed by atoms with Gasteiger partial charge in [0.2, 0.25) is 0 Å². The maximum atomic E-state index is 14.2. The van der Waals surface area contributed by atoms with Gasteiger partial charge in [-0.3, -0.25) is 14.4 Å². The van der Waals surface area contributed by atoms with Gasteiger partial charge in [-0.15, -0.1) is 0 Å². The minimum absolute atomic E-state index is 0.0803. The first-order valence-electron chi connectivity index (χ1n) is 8.56. The number of hydrogen-bond acceptors (Lipinski definition) is 5. The summed E-state index contributed by atoms with van der Waals surface area (Å²) in [4.78, 5) is 41.6. The van der Waals surface area contributed by atoms with Crippen LogP contribution in [0.2, 0.25) is 0 Å². The second-order valence-electron chi connectivity index (χ2n) is 7.39. The van der Waals surface area contributed by atoms with Crippen molar-refractivity contribution in [1.29, 1.82) is 0 Å². The van der Waals surface area contributed by atoms with Gasteiger partial charge in [0, 0.05) is 16.9 Å². The molecule has 11 heteroatoms. The van der Waals surface area contributed by atoms with Gasteiger partial charge in [-0.25, -0.2) is 0 Å². The lowest BCUT2D eigenvalue weighted by molar-refractivity contribution is -0.196. The molecule has 0 unspecified atom stereocenters. The van der Waals surface area contributed by atoms with Crippen LogP contribution >= 0.6 is 11.8 Å². The minimum Gasteiger partial charge on any atom is -0.326 e. The van der Waals surface area contributed by atoms with Gasteiger partial charge in [0.15, 0.2) is 5.16 Å². The molecule has 4 rings (SSSR count). The van der Waals surface area contributed by atoms with Gasteiger partial charge in [0.1, 0.15) is 11.4 Å². The molecule has 152 valence electrons. The molecule has 0 radical (unpaired) electrons. The summed E-state index contributed by atoms with van der Waals surface area (Å²) in [5.41, 5.74) is -5.73. The van der Waals surface area contributed by atoms with Crippen molar-refractivity contribution in [2.75, 3.05) is 5.32 Å². The van der Waals surface area contributed by atoms with E-state index in [4.69, 9.17) is 0 Å². The fourth-order valence-electron chi connectivity index (χ4n) is 3.50. The van der Waals surface area contributed by atoms with Crippen LogP contribution in [-0.4, -0.2) is 32.3 Å². The number of fused-ring (bicyclic) bond motifs is 3. The molecule has 0 saturated heterocycles. The molecule has 29 heavy (non-hydrogen) atoms. The Kier molecular flexibility index (Phi) is 4.09. The highest BCUT2D eigenvalue weighted by Crippen LogP contribution is 2.49. The van der Waals surface area contributed by atoms with Gasteiger partial charge in [0.05, 0.1) is 0 Å². The second kappa shape index (κ2) is 6.09. The maximum absolute atomic E-state index is 14.2. The third kappa shape index (κ3) is 2.83. The molecule has 2 aromatic rings. The summed E-state index contributed by atoms with van der Waals surface area (Å²) in [5, 5.41) is 4.15. The van der Waals surface area contributed by atoms with Crippen molar-refractivity contribution in [2.45, 2.75) is 42.0 Å². The van der Waals surface area contributed by atoms with E-state index in [1.54, 1.807) is 11.4 Å². The topological polar surface area (TPSA) is 93.1 Å². The van der Waals surface area contributed by atoms with Gasteiger partial charge < -0.3 is 15.2 Å². The fourth-order valence-corrected chi connectivity index (χ4v) is 4.58. The Labute approximate surface area is 166 Å². The molecule has 2 aliphatic heterocycles. The Morgan fingerprint density at radius 2 is 1.90 bits per heavy atom. The van der Waals surface area contributed by atoms with Gasteiger partial charge >= 0.3 is 6.18 Å². The molecule has 0 aliphatic carbocycles. The molecule has 7 nitrogen and oxygen atoms in total. The summed E-state index contributed by atoms with van der Waals surface area (Å²) in [6.07, 6.45) is -5.27. The Bertz CT molecular complexity index is 1100. The van der Waals surface area contributed by atoms with Gasteiger partial charge in [-0.1, -0.05) is 30.0 Å². The zero-order valence-electron chi connectivity index (χ0n) is 15.3. The average Bonchev–Trinajstić information content (AvgIpc) is 3.09. The predicted octanol–water partition coefficient (Wildman–Crippen LogP) is 2.27. The smallest absolute Gasteiger partial charge is 0.326 e. The molecule has 3 heterocycles. The van der Waals surface area contributed by atoms with Crippen LogP contribution in [0.1, 0.15) is 29.8 Å². The number of amides is 2. The Balaban J connectivity index is 1.91.